The summed E-state index contributed by atoms with van der Waals surface area (Å²) in [6.07, 6.45) is -0.733. The highest BCUT2D eigenvalue weighted by molar-refractivity contribution is 5.59. The third-order valence-corrected chi connectivity index (χ3v) is 1.43. The molecule has 0 radical (unpaired) electrons. The lowest BCUT2D eigenvalue weighted by Crippen LogP contribution is -2.03. The molecule has 0 fully saturated rings. The average Bonchev–Trinajstić information content (AvgIpc) is 2.14. The molecule has 13 heavy (non-hydrogen) atoms. The second-order valence-electron chi connectivity index (χ2n) is 2.41. The fraction of sp³-hybridized carbons (Fsp3) is 0.222. The molecule has 70 valence electrons. The Morgan fingerprint density at radius 2 is 2.31 bits per heavy atom. The van der Waals surface area contributed by atoms with Gasteiger partial charge in [-0.15, -0.1) is 0 Å². The summed E-state index contributed by atoms with van der Waals surface area (Å²) < 4.78 is 8.94. The second kappa shape index (κ2) is 4.35. The number of aromatic hydroxyl groups is 1. The normalized spacial score (nSPS) is 9.31. The second-order valence-corrected chi connectivity index (χ2v) is 2.41. The molecular formula is C9H10O4. The first kappa shape index (κ1) is 9.38. The van der Waals surface area contributed by atoms with E-state index in [-0.39, 0.29) is 12.4 Å². The SMILES string of the molecule is COC(=O)OCc1cccc(O)c1. The molecule has 1 aromatic rings. The quantitative estimate of drug-likeness (QED) is 0.707. The molecule has 0 aliphatic rings. The highest BCUT2D eigenvalue weighted by Crippen LogP contribution is 2.11. The van der Waals surface area contributed by atoms with Crippen LogP contribution in [-0.4, -0.2) is 18.4 Å². The molecule has 0 unspecified atom stereocenters. The number of hydrogen-bond acceptors (Lipinski definition) is 4. The predicted molar refractivity (Wildman–Crippen MR) is 45.3 cm³/mol. The summed E-state index contributed by atoms with van der Waals surface area (Å²) in [5.74, 6) is 0.144. The van der Waals surface area contributed by atoms with Crippen LogP contribution in [0.15, 0.2) is 24.3 Å². The number of phenolic OH excluding ortho intramolecular Hbond substituents is 1. The number of ether oxygens (including phenoxy) is 2. The maximum Gasteiger partial charge on any atom is 0.508 e. The summed E-state index contributed by atoms with van der Waals surface area (Å²) in [4.78, 5) is 10.6. The Kier molecular flexibility index (Phi) is 3.14. The number of hydrogen-bond donors (Lipinski definition) is 1. The molecular weight excluding hydrogens is 172 g/mol. The minimum absolute atomic E-state index is 0.0983. The van der Waals surface area contributed by atoms with Crippen LogP contribution in [0.5, 0.6) is 5.75 Å². The molecule has 0 bridgehead atoms. The van der Waals surface area contributed by atoms with Crippen molar-refractivity contribution in [3.63, 3.8) is 0 Å². The van der Waals surface area contributed by atoms with Crippen LogP contribution in [0.3, 0.4) is 0 Å². The van der Waals surface area contributed by atoms with Gasteiger partial charge in [-0.1, -0.05) is 12.1 Å². The van der Waals surface area contributed by atoms with Gasteiger partial charge in [-0.05, 0) is 17.7 Å². The van der Waals surface area contributed by atoms with E-state index in [1.165, 1.54) is 13.2 Å². The van der Waals surface area contributed by atoms with E-state index in [4.69, 9.17) is 5.11 Å². The predicted octanol–water partition coefficient (Wildman–Crippen LogP) is 1.68. The molecule has 0 aliphatic heterocycles. The maximum atomic E-state index is 10.6. The van der Waals surface area contributed by atoms with Gasteiger partial charge in [0.2, 0.25) is 0 Å². The van der Waals surface area contributed by atoms with Crippen molar-refractivity contribution in [1.82, 2.24) is 0 Å². The molecule has 1 N–H and O–H groups in total. The summed E-state index contributed by atoms with van der Waals surface area (Å²) in [5, 5.41) is 9.06. The summed E-state index contributed by atoms with van der Waals surface area (Å²) >= 11 is 0. The summed E-state index contributed by atoms with van der Waals surface area (Å²) in [6.45, 7) is 0.0983. The largest absolute Gasteiger partial charge is 0.508 e. The van der Waals surface area contributed by atoms with Crippen molar-refractivity contribution in [2.45, 2.75) is 6.61 Å². The van der Waals surface area contributed by atoms with Crippen LogP contribution in [0.1, 0.15) is 5.56 Å². The van der Waals surface area contributed by atoms with Gasteiger partial charge in [-0.2, -0.15) is 0 Å². The number of rotatable bonds is 2. The number of benzene rings is 1. The van der Waals surface area contributed by atoms with Crippen LogP contribution in [-0.2, 0) is 16.1 Å². The minimum Gasteiger partial charge on any atom is -0.508 e. The molecule has 1 rings (SSSR count). The van der Waals surface area contributed by atoms with Crippen LogP contribution in [0.4, 0.5) is 4.79 Å². The van der Waals surface area contributed by atoms with E-state index >= 15 is 0 Å². The fourth-order valence-electron chi connectivity index (χ4n) is 0.847. The number of carbonyl (C=O) groups is 1. The van der Waals surface area contributed by atoms with Gasteiger partial charge in [0.15, 0.2) is 0 Å². The van der Waals surface area contributed by atoms with E-state index in [2.05, 4.69) is 9.47 Å². The van der Waals surface area contributed by atoms with Crippen molar-refractivity contribution >= 4 is 6.16 Å². The third kappa shape index (κ3) is 3.02. The molecule has 4 nitrogen and oxygen atoms in total. The van der Waals surface area contributed by atoms with Gasteiger partial charge in [0, 0.05) is 0 Å². The molecule has 1 aromatic carbocycles. The Bertz CT molecular complexity index is 295. The standard InChI is InChI=1S/C9H10O4/c1-12-9(11)13-6-7-3-2-4-8(10)5-7/h2-5,10H,6H2,1H3. The lowest BCUT2D eigenvalue weighted by molar-refractivity contribution is 0.0668. The minimum atomic E-state index is -0.733. The first-order valence-electron chi connectivity index (χ1n) is 3.71. The molecule has 0 atom stereocenters. The fourth-order valence-corrected chi connectivity index (χ4v) is 0.847. The van der Waals surface area contributed by atoms with Gasteiger partial charge in [-0.25, -0.2) is 4.79 Å². The molecule has 0 heterocycles. The van der Waals surface area contributed by atoms with Crippen LogP contribution in [0.2, 0.25) is 0 Å². The van der Waals surface area contributed by atoms with E-state index in [9.17, 15) is 4.79 Å². The lowest BCUT2D eigenvalue weighted by Gasteiger charge is -2.02. The summed E-state index contributed by atoms with van der Waals surface area (Å²) in [5.41, 5.74) is 0.713. The molecule has 0 saturated carbocycles. The van der Waals surface area contributed by atoms with E-state index < -0.39 is 6.16 Å². The summed E-state index contributed by atoms with van der Waals surface area (Å²) in [6, 6.07) is 6.47. The van der Waals surface area contributed by atoms with Gasteiger partial charge in [0.05, 0.1) is 7.11 Å². The highest BCUT2D eigenvalue weighted by Gasteiger charge is 2.01. The molecule has 0 saturated heterocycles. The van der Waals surface area contributed by atoms with Gasteiger partial charge in [-0.3, -0.25) is 0 Å². The van der Waals surface area contributed by atoms with Crippen molar-refractivity contribution in [2.24, 2.45) is 0 Å². The Hall–Kier alpha value is -1.71. The van der Waals surface area contributed by atoms with Crippen LogP contribution in [0.25, 0.3) is 0 Å². The third-order valence-electron chi connectivity index (χ3n) is 1.43. The molecule has 0 aromatic heterocycles. The zero-order valence-electron chi connectivity index (χ0n) is 7.19. The van der Waals surface area contributed by atoms with Gasteiger partial charge >= 0.3 is 6.16 Å². The molecule has 4 heteroatoms. The van der Waals surface area contributed by atoms with E-state index in [1.807, 2.05) is 0 Å². The number of carbonyl (C=O) groups excluding carboxylic acids is 1. The smallest absolute Gasteiger partial charge is 0.508 e. The van der Waals surface area contributed by atoms with Crippen molar-refractivity contribution in [2.75, 3.05) is 7.11 Å². The molecule has 0 spiro atoms. The Morgan fingerprint density at radius 3 is 2.92 bits per heavy atom. The van der Waals surface area contributed by atoms with Crippen LogP contribution >= 0.6 is 0 Å². The van der Waals surface area contributed by atoms with Gasteiger partial charge in [0.1, 0.15) is 12.4 Å². The average molecular weight is 182 g/mol. The van der Waals surface area contributed by atoms with Crippen LogP contribution < -0.4 is 0 Å². The topological polar surface area (TPSA) is 55.8 Å². The zero-order valence-corrected chi connectivity index (χ0v) is 7.19. The first-order valence-corrected chi connectivity index (χ1v) is 3.71. The first-order chi connectivity index (χ1) is 6.22. The Morgan fingerprint density at radius 1 is 1.54 bits per heavy atom. The summed E-state index contributed by atoms with van der Waals surface area (Å²) in [7, 11) is 1.24. The van der Waals surface area contributed by atoms with E-state index in [1.54, 1.807) is 18.2 Å². The van der Waals surface area contributed by atoms with Crippen molar-refractivity contribution in [3.8, 4) is 5.75 Å². The molecule has 0 amide bonds. The number of methoxy groups -OCH3 is 1. The maximum absolute atomic E-state index is 10.6. The van der Waals surface area contributed by atoms with Crippen molar-refractivity contribution in [1.29, 1.82) is 0 Å². The molecule has 0 aliphatic carbocycles. The lowest BCUT2D eigenvalue weighted by atomic mass is 10.2. The van der Waals surface area contributed by atoms with Crippen molar-refractivity contribution in [3.05, 3.63) is 29.8 Å². The van der Waals surface area contributed by atoms with Crippen LogP contribution in [0, 0.1) is 0 Å². The zero-order chi connectivity index (χ0) is 9.68. The monoisotopic (exact) mass is 182 g/mol. The van der Waals surface area contributed by atoms with E-state index in [0.717, 1.165) is 0 Å². The Labute approximate surface area is 75.7 Å². The van der Waals surface area contributed by atoms with Crippen molar-refractivity contribution < 1.29 is 19.4 Å². The highest BCUT2D eigenvalue weighted by atomic mass is 16.7. The van der Waals surface area contributed by atoms with E-state index in [0.29, 0.717) is 5.56 Å². The Balaban J connectivity index is 2.50. The number of phenols is 1. The van der Waals surface area contributed by atoms with Gasteiger partial charge < -0.3 is 14.6 Å². The van der Waals surface area contributed by atoms with Gasteiger partial charge in [0.25, 0.3) is 0 Å².